The molecule has 8 nitrogen and oxygen atoms in total. The maximum Gasteiger partial charge on any atom is 0.226 e. The lowest BCUT2D eigenvalue weighted by Gasteiger charge is -2.36. The first kappa shape index (κ1) is 13.1. The topological polar surface area (TPSA) is 108 Å². The molecule has 4 N–H and O–H groups in total. The zero-order valence-electron chi connectivity index (χ0n) is 11.3. The lowest BCUT2D eigenvalue weighted by atomic mass is 9.91. The molecule has 2 aromatic rings. The quantitative estimate of drug-likeness (QED) is 0.639. The molecule has 108 valence electrons. The van der Waals surface area contributed by atoms with Gasteiger partial charge in [0.2, 0.25) is 5.95 Å². The number of nitrogens with one attached hydrogen (secondary N) is 3. The molecule has 1 aliphatic rings. The van der Waals surface area contributed by atoms with Crippen LogP contribution in [0.15, 0.2) is 6.20 Å². The Morgan fingerprint density at radius 1 is 1.40 bits per heavy atom. The molecule has 1 saturated heterocycles. The number of aliphatic hydroxyl groups is 1. The molecule has 8 heteroatoms. The maximum atomic E-state index is 9.75. The van der Waals surface area contributed by atoms with E-state index in [1.807, 2.05) is 0 Å². The minimum atomic E-state index is -0.401. The molecule has 0 bridgehead atoms. The van der Waals surface area contributed by atoms with Crippen LogP contribution in [0.5, 0.6) is 0 Å². The van der Waals surface area contributed by atoms with Crippen LogP contribution >= 0.6 is 0 Å². The number of aromatic nitrogens is 4. The van der Waals surface area contributed by atoms with Gasteiger partial charge in [-0.3, -0.25) is 5.10 Å². The highest BCUT2D eigenvalue weighted by Crippen LogP contribution is 2.28. The van der Waals surface area contributed by atoms with Gasteiger partial charge in [-0.1, -0.05) is 0 Å². The Morgan fingerprint density at radius 2 is 2.20 bits per heavy atom. The lowest BCUT2D eigenvalue weighted by Crippen LogP contribution is -2.47. The van der Waals surface area contributed by atoms with Gasteiger partial charge in [-0.25, -0.2) is 0 Å². The Morgan fingerprint density at radius 3 is 2.90 bits per heavy atom. The van der Waals surface area contributed by atoms with Gasteiger partial charge in [0.1, 0.15) is 5.82 Å². The normalized spacial score (nSPS) is 18.1. The second kappa shape index (κ2) is 5.22. The molecule has 3 rings (SSSR count). The van der Waals surface area contributed by atoms with Gasteiger partial charge in [0.05, 0.1) is 23.7 Å². The van der Waals surface area contributed by atoms with Gasteiger partial charge in [0.15, 0.2) is 5.65 Å². The van der Waals surface area contributed by atoms with Gasteiger partial charge < -0.3 is 20.5 Å². The summed E-state index contributed by atoms with van der Waals surface area (Å²) in [6.07, 6.45) is 3.16. The number of aromatic amines is 1. The van der Waals surface area contributed by atoms with E-state index in [0.717, 1.165) is 18.2 Å². The number of anilines is 2. The van der Waals surface area contributed by atoms with E-state index in [-0.39, 0.29) is 6.61 Å². The van der Waals surface area contributed by atoms with E-state index >= 15 is 0 Å². The number of aliphatic hydroxyl groups excluding tert-OH is 1. The summed E-state index contributed by atoms with van der Waals surface area (Å²) in [5.74, 6) is 1.17. The van der Waals surface area contributed by atoms with Crippen molar-refractivity contribution in [1.82, 2.24) is 20.2 Å². The zero-order chi connectivity index (χ0) is 14.0. The van der Waals surface area contributed by atoms with E-state index in [2.05, 4.69) is 30.8 Å². The Labute approximate surface area is 116 Å². The summed E-state index contributed by atoms with van der Waals surface area (Å²) in [6, 6.07) is 0. The minimum Gasteiger partial charge on any atom is -0.394 e. The van der Waals surface area contributed by atoms with Crippen LogP contribution in [0.2, 0.25) is 0 Å². The van der Waals surface area contributed by atoms with E-state index in [1.165, 1.54) is 0 Å². The fourth-order valence-electron chi connectivity index (χ4n) is 2.38. The second-order valence-electron chi connectivity index (χ2n) is 4.95. The largest absolute Gasteiger partial charge is 0.394 e. The summed E-state index contributed by atoms with van der Waals surface area (Å²) >= 11 is 0. The van der Waals surface area contributed by atoms with Crippen LogP contribution < -0.4 is 10.6 Å². The van der Waals surface area contributed by atoms with Crippen LogP contribution in [0.25, 0.3) is 11.0 Å². The van der Waals surface area contributed by atoms with E-state index in [9.17, 15) is 5.11 Å². The smallest absolute Gasteiger partial charge is 0.226 e. The first-order valence-corrected chi connectivity index (χ1v) is 6.62. The first-order valence-electron chi connectivity index (χ1n) is 6.62. The number of nitrogens with zero attached hydrogens (tertiary/aromatic N) is 3. The first-order chi connectivity index (χ1) is 9.76. The molecule has 0 amide bonds. The van der Waals surface area contributed by atoms with Crippen molar-refractivity contribution in [3.8, 4) is 0 Å². The highest BCUT2D eigenvalue weighted by molar-refractivity contribution is 5.87. The molecule has 1 fully saturated rings. The fourth-order valence-corrected chi connectivity index (χ4v) is 2.38. The Kier molecular flexibility index (Phi) is 3.41. The third-order valence-corrected chi connectivity index (χ3v) is 3.67. The number of hydrogen-bond donors (Lipinski definition) is 4. The van der Waals surface area contributed by atoms with Crippen molar-refractivity contribution in [3.05, 3.63) is 6.20 Å². The van der Waals surface area contributed by atoms with Crippen molar-refractivity contribution in [2.24, 2.45) is 0 Å². The summed E-state index contributed by atoms with van der Waals surface area (Å²) in [7, 11) is 1.76. The van der Waals surface area contributed by atoms with Crippen LogP contribution in [0.3, 0.4) is 0 Å². The van der Waals surface area contributed by atoms with Gasteiger partial charge in [-0.2, -0.15) is 15.1 Å². The molecule has 0 saturated carbocycles. The van der Waals surface area contributed by atoms with Crippen molar-refractivity contribution in [1.29, 1.82) is 0 Å². The SMILES string of the molecule is CNc1nc(NC2(CO)CCOCC2)c2cn[nH]c2n1. The highest BCUT2D eigenvalue weighted by Gasteiger charge is 2.33. The van der Waals surface area contributed by atoms with E-state index in [0.29, 0.717) is 30.6 Å². The minimum absolute atomic E-state index is 0.0363. The summed E-state index contributed by atoms with van der Waals surface area (Å²) in [5, 5.41) is 23.7. The van der Waals surface area contributed by atoms with Crippen LogP contribution in [0.4, 0.5) is 11.8 Å². The van der Waals surface area contributed by atoms with Gasteiger partial charge in [-0.05, 0) is 12.8 Å². The van der Waals surface area contributed by atoms with Gasteiger partial charge in [-0.15, -0.1) is 0 Å². The van der Waals surface area contributed by atoms with Crippen LogP contribution in [-0.2, 0) is 4.74 Å². The van der Waals surface area contributed by atoms with Crippen LogP contribution in [0, 0.1) is 0 Å². The summed E-state index contributed by atoms with van der Waals surface area (Å²) in [4.78, 5) is 8.72. The molecule has 0 spiro atoms. The molecule has 2 aromatic heterocycles. The molecule has 0 aromatic carbocycles. The molecule has 3 heterocycles. The lowest BCUT2D eigenvalue weighted by molar-refractivity contribution is 0.0379. The van der Waals surface area contributed by atoms with Crippen molar-refractivity contribution >= 4 is 22.8 Å². The second-order valence-corrected chi connectivity index (χ2v) is 4.95. The Hall–Kier alpha value is -1.93. The maximum absolute atomic E-state index is 9.75. The fraction of sp³-hybridized carbons (Fsp3) is 0.583. The summed E-state index contributed by atoms with van der Waals surface area (Å²) < 4.78 is 5.37. The molecular weight excluding hydrogens is 260 g/mol. The van der Waals surface area contributed by atoms with E-state index in [1.54, 1.807) is 13.2 Å². The summed E-state index contributed by atoms with van der Waals surface area (Å²) in [5.41, 5.74) is 0.258. The molecule has 1 aliphatic heterocycles. The van der Waals surface area contributed by atoms with Gasteiger partial charge >= 0.3 is 0 Å². The standard InChI is InChI=1S/C12H18N6O2/c1-13-11-15-9(8-6-14-18-10(8)16-11)17-12(7-19)2-4-20-5-3-12/h6,19H,2-5,7H2,1H3,(H3,13,14,15,16,17,18). The highest BCUT2D eigenvalue weighted by atomic mass is 16.5. The Balaban J connectivity index is 1.98. The molecule has 0 aliphatic carbocycles. The predicted molar refractivity (Wildman–Crippen MR) is 74.7 cm³/mol. The number of rotatable bonds is 4. The number of H-pyrrole nitrogens is 1. The average Bonchev–Trinajstić information content (AvgIpc) is 2.96. The molecule has 0 unspecified atom stereocenters. The third-order valence-electron chi connectivity index (χ3n) is 3.67. The van der Waals surface area contributed by atoms with Crippen molar-refractivity contribution < 1.29 is 9.84 Å². The van der Waals surface area contributed by atoms with Crippen LogP contribution in [0.1, 0.15) is 12.8 Å². The molecular formula is C12H18N6O2. The van der Waals surface area contributed by atoms with Crippen molar-refractivity contribution in [2.75, 3.05) is 37.5 Å². The monoisotopic (exact) mass is 278 g/mol. The van der Waals surface area contributed by atoms with Gasteiger partial charge in [0.25, 0.3) is 0 Å². The molecule has 0 atom stereocenters. The van der Waals surface area contributed by atoms with Gasteiger partial charge in [0, 0.05) is 20.3 Å². The zero-order valence-corrected chi connectivity index (χ0v) is 11.3. The molecule has 20 heavy (non-hydrogen) atoms. The number of ether oxygens (including phenoxy) is 1. The average molecular weight is 278 g/mol. The number of hydrogen-bond acceptors (Lipinski definition) is 7. The summed E-state index contributed by atoms with van der Waals surface area (Å²) in [6.45, 7) is 1.30. The Bertz CT molecular complexity index is 593. The third kappa shape index (κ3) is 2.27. The van der Waals surface area contributed by atoms with Crippen molar-refractivity contribution in [2.45, 2.75) is 18.4 Å². The van der Waals surface area contributed by atoms with E-state index < -0.39 is 5.54 Å². The molecule has 0 radical (unpaired) electrons. The predicted octanol–water partition coefficient (Wildman–Crippen LogP) is 0.348. The van der Waals surface area contributed by atoms with Crippen LogP contribution in [-0.4, -0.2) is 57.7 Å². The number of fused-ring (bicyclic) bond motifs is 1. The van der Waals surface area contributed by atoms with E-state index in [4.69, 9.17) is 4.74 Å². The van der Waals surface area contributed by atoms with Crippen molar-refractivity contribution in [3.63, 3.8) is 0 Å².